The van der Waals surface area contributed by atoms with E-state index in [1.807, 2.05) is 6.07 Å². The lowest BCUT2D eigenvalue weighted by Gasteiger charge is -2.32. The number of aromatic nitrogens is 1. The summed E-state index contributed by atoms with van der Waals surface area (Å²) in [5, 5.41) is 0. The Morgan fingerprint density at radius 1 is 1.21 bits per heavy atom. The number of carbonyl (C=O) groups is 1. The van der Waals surface area contributed by atoms with Gasteiger partial charge in [-0.05, 0) is 44.1 Å². The molecular weight excluding hydrogens is 382 g/mol. The summed E-state index contributed by atoms with van der Waals surface area (Å²) in [5.74, 6) is 0.891. The van der Waals surface area contributed by atoms with Crippen LogP contribution in [0.4, 0.5) is 0 Å². The predicted molar refractivity (Wildman–Crippen MR) is 103 cm³/mol. The van der Waals surface area contributed by atoms with Crippen LogP contribution in [0.1, 0.15) is 43.6 Å². The highest BCUT2D eigenvalue weighted by Gasteiger charge is 2.39. The first-order valence-electron chi connectivity index (χ1n) is 9.86. The van der Waals surface area contributed by atoms with Crippen molar-refractivity contribution in [2.75, 3.05) is 26.0 Å². The lowest BCUT2D eigenvalue weighted by molar-refractivity contribution is -0.136. The number of fused-ring (bicyclic) bond motifs is 5. The van der Waals surface area contributed by atoms with Gasteiger partial charge in [-0.3, -0.25) is 9.78 Å². The number of sulfonamides is 1. The van der Waals surface area contributed by atoms with E-state index in [1.54, 1.807) is 17.3 Å². The van der Waals surface area contributed by atoms with Crippen molar-refractivity contribution >= 4 is 15.9 Å². The molecule has 1 saturated heterocycles. The molecule has 1 aromatic heterocycles. The molecule has 28 heavy (non-hydrogen) atoms. The minimum atomic E-state index is -3.37. The summed E-state index contributed by atoms with van der Waals surface area (Å²) in [5.41, 5.74) is 1.11. The minimum Gasteiger partial charge on any atom is -0.482 e. The number of nitrogens with one attached hydrogen (secondary N) is 1. The van der Waals surface area contributed by atoms with Crippen molar-refractivity contribution in [2.45, 2.75) is 56.2 Å². The van der Waals surface area contributed by atoms with Gasteiger partial charge in [-0.2, -0.15) is 0 Å². The van der Waals surface area contributed by atoms with Crippen LogP contribution in [-0.4, -0.2) is 68.4 Å². The highest BCUT2D eigenvalue weighted by Crippen LogP contribution is 2.38. The van der Waals surface area contributed by atoms with Gasteiger partial charge in [-0.25, -0.2) is 13.1 Å². The molecule has 154 valence electrons. The van der Waals surface area contributed by atoms with Gasteiger partial charge >= 0.3 is 0 Å². The Morgan fingerprint density at radius 2 is 2.00 bits per heavy atom. The molecule has 2 bridgehead atoms. The predicted octanol–water partition coefficient (Wildman–Crippen LogP) is 1.04. The molecule has 0 aromatic carbocycles. The van der Waals surface area contributed by atoms with Crippen LogP contribution in [0.25, 0.3) is 0 Å². The van der Waals surface area contributed by atoms with E-state index in [0.717, 1.165) is 37.5 Å². The smallest absolute Gasteiger partial charge is 0.260 e. The largest absolute Gasteiger partial charge is 0.482 e. The molecule has 1 N–H and O–H groups in total. The van der Waals surface area contributed by atoms with Gasteiger partial charge in [-0.15, -0.1) is 0 Å². The molecule has 2 atom stereocenters. The van der Waals surface area contributed by atoms with E-state index in [2.05, 4.69) is 9.71 Å². The van der Waals surface area contributed by atoms with Gasteiger partial charge in [0.25, 0.3) is 5.91 Å². The van der Waals surface area contributed by atoms with Gasteiger partial charge in [0.05, 0.1) is 31.2 Å². The summed E-state index contributed by atoms with van der Waals surface area (Å²) < 4.78 is 38.2. The van der Waals surface area contributed by atoms with Gasteiger partial charge in [0, 0.05) is 24.3 Å². The molecule has 4 heterocycles. The Kier molecular flexibility index (Phi) is 5.57. The second-order valence-electron chi connectivity index (χ2n) is 7.95. The van der Waals surface area contributed by atoms with Crippen molar-refractivity contribution in [3.8, 4) is 5.75 Å². The Bertz CT molecular complexity index is 823. The van der Waals surface area contributed by atoms with E-state index >= 15 is 0 Å². The number of hydrogen-bond donors (Lipinski definition) is 1. The van der Waals surface area contributed by atoms with Gasteiger partial charge in [0.2, 0.25) is 10.0 Å². The molecule has 3 aliphatic heterocycles. The first kappa shape index (κ1) is 19.6. The first-order chi connectivity index (χ1) is 13.4. The third-order valence-electron chi connectivity index (χ3n) is 6.02. The summed E-state index contributed by atoms with van der Waals surface area (Å²) >= 11 is 0. The molecule has 1 amide bonds. The Morgan fingerprint density at radius 3 is 2.75 bits per heavy atom. The van der Waals surface area contributed by atoms with Crippen LogP contribution in [0.5, 0.6) is 5.75 Å². The van der Waals surface area contributed by atoms with E-state index in [-0.39, 0.29) is 30.7 Å². The zero-order valence-electron chi connectivity index (χ0n) is 16.0. The average Bonchev–Trinajstić information content (AvgIpc) is 3.05. The second-order valence-corrected chi connectivity index (χ2v) is 9.73. The molecule has 1 unspecified atom stereocenters. The molecule has 0 spiro atoms. The SMILES string of the molecule is CS(=O)(=O)N[C@H]1CCN2C(=O)COc3cnccc3C3CCC(CC3)OCC12. The Labute approximate surface area is 165 Å². The fourth-order valence-electron chi connectivity index (χ4n) is 4.63. The number of amides is 1. The second kappa shape index (κ2) is 7.96. The molecule has 9 heteroatoms. The highest BCUT2D eigenvalue weighted by atomic mass is 32.2. The van der Waals surface area contributed by atoms with Gasteiger partial charge in [-0.1, -0.05) is 0 Å². The third-order valence-corrected chi connectivity index (χ3v) is 6.75. The molecular formula is C19H27N3O5S. The van der Waals surface area contributed by atoms with Crippen LogP contribution >= 0.6 is 0 Å². The molecule has 1 saturated carbocycles. The number of hydrogen-bond acceptors (Lipinski definition) is 6. The molecule has 8 nitrogen and oxygen atoms in total. The topological polar surface area (TPSA) is 97.8 Å². The van der Waals surface area contributed by atoms with Crippen LogP contribution in [0.3, 0.4) is 0 Å². The number of carbonyl (C=O) groups excluding carboxylic acids is 1. The van der Waals surface area contributed by atoms with E-state index in [4.69, 9.17) is 9.47 Å². The average molecular weight is 410 g/mol. The van der Waals surface area contributed by atoms with E-state index in [1.165, 1.54) is 0 Å². The van der Waals surface area contributed by atoms with Crippen molar-refractivity contribution in [1.82, 2.24) is 14.6 Å². The number of pyridine rings is 1. The van der Waals surface area contributed by atoms with Crippen LogP contribution in [0.2, 0.25) is 0 Å². The van der Waals surface area contributed by atoms with E-state index < -0.39 is 10.0 Å². The molecule has 5 rings (SSSR count). The Balaban J connectivity index is 1.59. The van der Waals surface area contributed by atoms with Crippen LogP contribution < -0.4 is 9.46 Å². The van der Waals surface area contributed by atoms with E-state index in [9.17, 15) is 13.2 Å². The van der Waals surface area contributed by atoms with Crippen molar-refractivity contribution in [1.29, 1.82) is 0 Å². The van der Waals surface area contributed by atoms with Crippen molar-refractivity contribution in [2.24, 2.45) is 0 Å². The number of nitrogens with zero attached hydrogens (tertiary/aromatic N) is 2. The molecule has 0 radical (unpaired) electrons. The molecule has 1 aromatic rings. The first-order valence-corrected chi connectivity index (χ1v) is 11.7. The zero-order valence-corrected chi connectivity index (χ0v) is 16.9. The maximum absolute atomic E-state index is 12.8. The van der Waals surface area contributed by atoms with Crippen LogP contribution in [0, 0.1) is 0 Å². The summed E-state index contributed by atoms with van der Waals surface area (Å²) in [7, 11) is -3.37. The summed E-state index contributed by atoms with van der Waals surface area (Å²) in [6.45, 7) is 0.732. The third kappa shape index (κ3) is 4.31. The van der Waals surface area contributed by atoms with Crippen molar-refractivity contribution in [3.05, 3.63) is 24.0 Å². The summed E-state index contributed by atoms with van der Waals surface area (Å²) in [4.78, 5) is 18.7. The van der Waals surface area contributed by atoms with Crippen LogP contribution in [-0.2, 0) is 19.6 Å². The van der Waals surface area contributed by atoms with Gasteiger partial charge in [0.15, 0.2) is 6.61 Å². The van der Waals surface area contributed by atoms with Crippen molar-refractivity contribution in [3.63, 3.8) is 0 Å². The molecule has 4 aliphatic rings. The lowest BCUT2D eigenvalue weighted by Crippen LogP contribution is -2.50. The lowest BCUT2D eigenvalue weighted by atomic mass is 9.82. The van der Waals surface area contributed by atoms with E-state index in [0.29, 0.717) is 31.2 Å². The zero-order chi connectivity index (χ0) is 19.7. The maximum Gasteiger partial charge on any atom is 0.260 e. The van der Waals surface area contributed by atoms with Gasteiger partial charge < -0.3 is 14.4 Å². The standard InChI is InChI=1S/C19H27N3O5S/c1-28(24,25)21-16-7-9-22-17(16)11-26-14-4-2-13(3-5-14)15-6-8-20-10-18(15)27-12-19(22)23/h6,8,10,13-14,16-17,21H,2-5,7,9,11-12H2,1H3/t13?,14?,16-,17?/m0/s1. The summed E-state index contributed by atoms with van der Waals surface area (Å²) in [6.07, 6.45) is 9.18. The fraction of sp³-hybridized carbons (Fsp3) is 0.684. The Hall–Kier alpha value is -1.71. The quantitative estimate of drug-likeness (QED) is 0.784. The highest BCUT2D eigenvalue weighted by molar-refractivity contribution is 7.88. The number of rotatable bonds is 2. The molecule has 1 aliphatic carbocycles. The maximum atomic E-state index is 12.8. The normalized spacial score (nSPS) is 31.2. The van der Waals surface area contributed by atoms with Gasteiger partial charge in [0.1, 0.15) is 5.75 Å². The fourth-order valence-corrected chi connectivity index (χ4v) is 5.45. The molecule has 2 fully saturated rings. The number of ether oxygens (including phenoxy) is 2. The van der Waals surface area contributed by atoms with Crippen LogP contribution in [0.15, 0.2) is 18.5 Å². The minimum absolute atomic E-state index is 0.0864. The van der Waals surface area contributed by atoms with Crippen molar-refractivity contribution < 1.29 is 22.7 Å². The monoisotopic (exact) mass is 409 g/mol. The summed E-state index contributed by atoms with van der Waals surface area (Å²) in [6, 6.07) is 1.32.